The molecule has 188 valence electrons. The fourth-order valence-electron chi connectivity index (χ4n) is 5.41. The average Bonchev–Trinajstić information content (AvgIpc) is 3.34. The fraction of sp³-hybridized carbons (Fsp3) is 0.560. The van der Waals surface area contributed by atoms with Gasteiger partial charge in [0.15, 0.2) is 5.75 Å². The Kier molecular flexibility index (Phi) is 5.47. The summed E-state index contributed by atoms with van der Waals surface area (Å²) in [4.78, 5) is 39.3. The van der Waals surface area contributed by atoms with Crippen molar-refractivity contribution in [3.8, 4) is 5.75 Å². The van der Waals surface area contributed by atoms with Gasteiger partial charge >= 0.3 is 12.1 Å². The molecular formula is C25H30ClN3O6. The van der Waals surface area contributed by atoms with Crippen LogP contribution in [0.25, 0.3) is 10.9 Å². The summed E-state index contributed by atoms with van der Waals surface area (Å²) < 4.78 is 13.1. The summed E-state index contributed by atoms with van der Waals surface area (Å²) in [6.45, 7) is 8.99. The van der Waals surface area contributed by atoms with E-state index in [1.165, 1.54) is 10.6 Å². The van der Waals surface area contributed by atoms with Crippen molar-refractivity contribution in [2.24, 2.45) is 5.92 Å². The van der Waals surface area contributed by atoms with Gasteiger partial charge in [0, 0.05) is 29.9 Å². The number of carboxylic acid groups (broad SMARTS) is 1. The first-order valence-electron chi connectivity index (χ1n) is 11.9. The van der Waals surface area contributed by atoms with E-state index in [0.29, 0.717) is 33.9 Å². The number of carbonyl (C=O) groups excluding carboxylic acids is 1. The van der Waals surface area contributed by atoms with Crippen LogP contribution >= 0.6 is 11.6 Å². The lowest BCUT2D eigenvalue weighted by Crippen LogP contribution is -2.45. The minimum atomic E-state index is -1.27. The van der Waals surface area contributed by atoms with E-state index in [9.17, 15) is 19.5 Å². The largest absolute Gasteiger partial charge is 0.487 e. The van der Waals surface area contributed by atoms with Gasteiger partial charge in [0.2, 0.25) is 0 Å². The molecule has 35 heavy (non-hydrogen) atoms. The predicted octanol–water partition coefficient (Wildman–Crippen LogP) is 4.19. The molecule has 2 atom stereocenters. The Morgan fingerprint density at radius 2 is 2.00 bits per heavy atom. The smallest absolute Gasteiger partial charge is 0.408 e. The van der Waals surface area contributed by atoms with Gasteiger partial charge in [-0.05, 0) is 59.1 Å². The number of carbonyl (C=O) groups is 2. The van der Waals surface area contributed by atoms with E-state index in [2.05, 4.69) is 10.2 Å². The molecule has 9 nitrogen and oxygen atoms in total. The molecule has 1 aromatic carbocycles. The van der Waals surface area contributed by atoms with E-state index in [1.807, 2.05) is 27.7 Å². The van der Waals surface area contributed by atoms with Gasteiger partial charge in [0.05, 0.1) is 16.6 Å². The molecule has 3 aliphatic rings. The molecule has 0 radical (unpaired) electrons. The Morgan fingerprint density at radius 3 is 2.63 bits per heavy atom. The first kappa shape index (κ1) is 23.8. The van der Waals surface area contributed by atoms with E-state index in [0.717, 1.165) is 25.8 Å². The van der Waals surface area contributed by atoms with Crippen LogP contribution in [-0.2, 0) is 4.74 Å². The van der Waals surface area contributed by atoms with Crippen molar-refractivity contribution in [1.29, 1.82) is 0 Å². The highest BCUT2D eigenvalue weighted by Gasteiger charge is 2.53. The van der Waals surface area contributed by atoms with Crippen molar-refractivity contribution in [2.45, 2.75) is 64.1 Å². The molecular weight excluding hydrogens is 474 g/mol. The molecule has 1 amide bonds. The third-order valence-corrected chi connectivity index (χ3v) is 7.45. The minimum Gasteiger partial charge on any atom is -0.487 e. The minimum absolute atomic E-state index is 0.216. The van der Waals surface area contributed by atoms with Crippen LogP contribution in [0.3, 0.4) is 0 Å². The number of ether oxygens (including phenoxy) is 2. The van der Waals surface area contributed by atoms with Crippen LogP contribution in [0.5, 0.6) is 5.75 Å². The molecule has 2 N–H and O–H groups in total. The molecule has 1 saturated carbocycles. The van der Waals surface area contributed by atoms with Gasteiger partial charge in [-0.1, -0.05) is 11.6 Å². The SMILES string of the molecule is C[C@H]1COc2c(N3CC[C@@H](C4(NC(=O)OC(C)(C)C)CC4)C3)c(Cl)cc3cc(C(=O)O)c(=O)n1c23. The number of benzene rings is 1. The zero-order chi connectivity index (χ0) is 25.3. The summed E-state index contributed by atoms with van der Waals surface area (Å²) in [5.74, 6) is -0.547. The Balaban J connectivity index is 1.49. The van der Waals surface area contributed by atoms with E-state index in [1.54, 1.807) is 6.07 Å². The topological polar surface area (TPSA) is 110 Å². The van der Waals surface area contributed by atoms with Crippen molar-refractivity contribution in [2.75, 3.05) is 24.6 Å². The molecule has 0 spiro atoms. The number of nitrogens with zero attached hydrogens (tertiary/aromatic N) is 2. The lowest BCUT2D eigenvalue weighted by atomic mass is 9.96. The van der Waals surface area contributed by atoms with E-state index >= 15 is 0 Å². The number of pyridine rings is 1. The van der Waals surface area contributed by atoms with E-state index in [4.69, 9.17) is 21.1 Å². The number of carboxylic acids is 1. The maximum atomic E-state index is 13.0. The Morgan fingerprint density at radius 1 is 1.29 bits per heavy atom. The molecule has 1 aliphatic carbocycles. The van der Waals surface area contributed by atoms with Crippen LogP contribution in [0.15, 0.2) is 16.9 Å². The maximum absolute atomic E-state index is 13.0. The number of nitrogens with one attached hydrogen (secondary N) is 1. The highest BCUT2D eigenvalue weighted by Crippen LogP contribution is 2.50. The lowest BCUT2D eigenvalue weighted by Gasteiger charge is -2.32. The summed E-state index contributed by atoms with van der Waals surface area (Å²) in [6.07, 6.45) is 2.26. The summed E-state index contributed by atoms with van der Waals surface area (Å²) in [5.41, 5.74) is -0.411. The number of halogens is 1. The van der Waals surface area contributed by atoms with Gasteiger partial charge in [-0.2, -0.15) is 0 Å². The van der Waals surface area contributed by atoms with Gasteiger partial charge < -0.3 is 24.8 Å². The molecule has 1 aromatic heterocycles. The molecule has 3 heterocycles. The molecule has 0 bridgehead atoms. The average molecular weight is 504 g/mol. The van der Waals surface area contributed by atoms with Gasteiger partial charge in [0.25, 0.3) is 5.56 Å². The van der Waals surface area contributed by atoms with Gasteiger partial charge in [-0.25, -0.2) is 9.59 Å². The van der Waals surface area contributed by atoms with Crippen molar-refractivity contribution >= 4 is 40.3 Å². The maximum Gasteiger partial charge on any atom is 0.408 e. The highest BCUT2D eigenvalue weighted by atomic mass is 35.5. The first-order chi connectivity index (χ1) is 16.4. The molecule has 2 aromatic rings. The number of amides is 1. The number of hydrogen-bond donors (Lipinski definition) is 2. The summed E-state index contributed by atoms with van der Waals surface area (Å²) in [7, 11) is 0. The van der Waals surface area contributed by atoms with Crippen LogP contribution in [0.4, 0.5) is 10.5 Å². The second kappa shape index (κ2) is 8.05. The molecule has 1 saturated heterocycles. The van der Waals surface area contributed by atoms with Crippen LogP contribution in [0, 0.1) is 5.92 Å². The molecule has 0 unspecified atom stereocenters. The molecule has 5 rings (SSSR count). The number of alkyl carbamates (subject to hydrolysis) is 1. The predicted molar refractivity (Wildman–Crippen MR) is 132 cm³/mol. The van der Waals surface area contributed by atoms with Gasteiger partial charge in [-0.15, -0.1) is 0 Å². The number of aromatic nitrogens is 1. The standard InChI is InChI=1S/C25H30ClN3O6/c1-13-12-34-20-18-14(9-16(22(31)32)21(30)29(13)18)10-17(26)19(20)28-8-5-15(11-28)25(6-7-25)27-23(33)35-24(2,3)4/h9-10,13,15H,5-8,11-12H2,1-4H3,(H,27,33)(H,31,32)/t13-,15+/m0/s1. The zero-order valence-corrected chi connectivity index (χ0v) is 21.1. The first-order valence-corrected chi connectivity index (χ1v) is 12.3. The second-order valence-corrected chi connectivity index (χ2v) is 11.3. The summed E-state index contributed by atoms with van der Waals surface area (Å²) in [5, 5.41) is 13.6. The third kappa shape index (κ3) is 4.09. The Hall–Kier alpha value is -2.94. The lowest BCUT2D eigenvalue weighted by molar-refractivity contribution is 0.0477. The second-order valence-electron chi connectivity index (χ2n) is 10.9. The van der Waals surface area contributed by atoms with Crippen LogP contribution < -0.4 is 20.5 Å². The summed E-state index contributed by atoms with van der Waals surface area (Å²) >= 11 is 6.74. The zero-order valence-electron chi connectivity index (χ0n) is 20.3. The van der Waals surface area contributed by atoms with E-state index < -0.39 is 23.2 Å². The number of anilines is 1. The normalized spacial score (nSPS) is 22.6. The quantitative estimate of drug-likeness (QED) is 0.643. The molecule has 10 heteroatoms. The Labute approximate surface area is 207 Å². The van der Waals surface area contributed by atoms with Crippen LogP contribution in [0.1, 0.15) is 63.4 Å². The van der Waals surface area contributed by atoms with Crippen molar-refractivity contribution in [3.05, 3.63) is 33.1 Å². The van der Waals surface area contributed by atoms with Gasteiger partial charge in [0.1, 0.15) is 23.5 Å². The highest BCUT2D eigenvalue weighted by molar-refractivity contribution is 6.35. The van der Waals surface area contributed by atoms with Crippen molar-refractivity contribution in [3.63, 3.8) is 0 Å². The van der Waals surface area contributed by atoms with E-state index in [-0.39, 0.29) is 29.7 Å². The van der Waals surface area contributed by atoms with Crippen molar-refractivity contribution in [1.82, 2.24) is 9.88 Å². The van der Waals surface area contributed by atoms with Crippen LogP contribution in [-0.4, -0.2) is 52.6 Å². The molecule has 2 aliphatic heterocycles. The van der Waals surface area contributed by atoms with Crippen molar-refractivity contribution < 1.29 is 24.2 Å². The summed E-state index contributed by atoms with van der Waals surface area (Å²) in [6, 6.07) is 2.76. The monoisotopic (exact) mass is 503 g/mol. The number of aromatic carboxylic acids is 1. The molecule has 2 fully saturated rings. The third-order valence-electron chi connectivity index (χ3n) is 7.17. The number of hydrogen-bond acceptors (Lipinski definition) is 6. The van der Waals surface area contributed by atoms with Gasteiger partial charge in [-0.3, -0.25) is 9.36 Å². The fourth-order valence-corrected chi connectivity index (χ4v) is 5.73. The Bertz CT molecular complexity index is 1290. The van der Waals surface area contributed by atoms with Crippen LogP contribution in [0.2, 0.25) is 5.02 Å². The number of rotatable bonds is 4.